The van der Waals surface area contributed by atoms with Gasteiger partial charge >= 0.3 is 11.9 Å². The highest BCUT2D eigenvalue weighted by Crippen LogP contribution is 2.38. The second-order valence-corrected chi connectivity index (χ2v) is 7.75. The smallest absolute Gasteiger partial charge is 0.308 e. The summed E-state index contributed by atoms with van der Waals surface area (Å²) in [5.74, 6) is -4.43. The van der Waals surface area contributed by atoms with Crippen LogP contribution in [-0.4, -0.2) is 117 Å². The molecule has 9 atom stereocenters. The molecule has 9 unspecified atom stereocenters. The third-order valence-corrected chi connectivity index (χ3v) is 5.01. The van der Waals surface area contributed by atoms with Crippen LogP contribution >= 0.6 is 0 Å². The van der Waals surface area contributed by atoms with Gasteiger partial charge in [-0.25, -0.2) is 0 Å². The van der Waals surface area contributed by atoms with E-state index in [1.54, 1.807) is 0 Å². The van der Waals surface area contributed by atoms with Crippen molar-refractivity contribution in [1.29, 1.82) is 0 Å². The molecule has 0 aromatic heterocycles. The van der Waals surface area contributed by atoms with Crippen molar-refractivity contribution < 1.29 is 63.9 Å². The van der Waals surface area contributed by atoms with Gasteiger partial charge in [0.2, 0.25) is 5.79 Å². The molecule has 0 bridgehead atoms. The lowest BCUT2D eigenvalue weighted by atomic mass is 9.99. The van der Waals surface area contributed by atoms with E-state index in [1.165, 1.54) is 13.8 Å². The van der Waals surface area contributed by atoms with Crippen LogP contribution in [0.4, 0.5) is 0 Å². The summed E-state index contributed by atoms with van der Waals surface area (Å²) in [4.78, 5) is 23.6. The summed E-state index contributed by atoms with van der Waals surface area (Å²) in [5, 5.41) is 59.7. The summed E-state index contributed by atoms with van der Waals surface area (Å²) >= 11 is 0. The number of carbonyl (C=O) groups is 2. The summed E-state index contributed by atoms with van der Waals surface area (Å²) in [7, 11) is 0. The Kier molecular flexibility index (Phi) is 8.72. The minimum absolute atomic E-state index is 0.626. The van der Waals surface area contributed by atoms with Gasteiger partial charge in [0.1, 0.15) is 43.2 Å². The van der Waals surface area contributed by atoms with Crippen LogP contribution in [0.2, 0.25) is 0 Å². The normalized spacial score (nSPS) is 40.7. The topological polar surface area (TPSA) is 202 Å². The SMILES string of the molecule is CC(=O)OCC1(OC2OC(CO)C(O)C(O)C2O)OC(CO)C(O)C1OC(=O)C(C)C. The van der Waals surface area contributed by atoms with Gasteiger partial charge in [-0.15, -0.1) is 0 Å². The predicted molar refractivity (Wildman–Crippen MR) is 96.9 cm³/mol. The molecular formula is C18H30O13. The van der Waals surface area contributed by atoms with Crippen molar-refractivity contribution in [2.24, 2.45) is 5.92 Å². The quantitative estimate of drug-likeness (QED) is 0.196. The molecule has 0 aromatic carbocycles. The van der Waals surface area contributed by atoms with Crippen LogP contribution in [0.3, 0.4) is 0 Å². The molecule has 0 spiro atoms. The highest BCUT2D eigenvalue weighted by Gasteiger charge is 2.61. The van der Waals surface area contributed by atoms with Crippen molar-refractivity contribution in [3.8, 4) is 0 Å². The van der Waals surface area contributed by atoms with E-state index in [9.17, 15) is 40.2 Å². The standard InChI is InChI=1S/C18H30O13/c1-7(2)16(26)29-15-12(23)10(5-20)30-18(15,6-27-8(3)21)31-17-14(25)13(24)11(22)9(4-19)28-17/h7,9-15,17,19-20,22-25H,4-6H2,1-3H3. The monoisotopic (exact) mass is 454 g/mol. The van der Waals surface area contributed by atoms with Crippen LogP contribution in [0.1, 0.15) is 20.8 Å². The van der Waals surface area contributed by atoms with Crippen molar-refractivity contribution in [2.45, 2.75) is 75.6 Å². The number of carbonyl (C=O) groups excluding carboxylic acids is 2. The second-order valence-electron chi connectivity index (χ2n) is 7.75. The van der Waals surface area contributed by atoms with Gasteiger partial charge in [0.25, 0.3) is 0 Å². The summed E-state index contributed by atoms with van der Waals surface area (Å²) in [5.41, 5.74) is 0. The Labute approximate surface area is 178 Å². The molecule has 0 saturated carbocycles. The fourth-order valence-electron chi connectivity index (χ4n) is 3.22. The van der Waals surface area contributed by atoms with Gasteiger partial charge in [-0.3, -0.25) is 9.59 Å². The molecule has 2 rings (SSSR count). The minimum atomic E-state index is -2.25. The number of aliphatic hydroxyl groups is 6. The molecule has 2 heterocycles. The summed E-state index contributed by atoms with van der Waals surface area (Å²) in [6.45, 7) is 1.92. The zero-order valence-corrected chi connectivity index (χ0v) is 17.4. The number of hydrogen-bond acceptors (Lipinski definition) is 13. The van der Waals surface area contributed by atoms with Gasteiger partial charge < -0.3 is 54.3 Å². The average Bonchev–Trinajstić information content (AvgIpc) is 2.98. The van der Waals surface area contributed by atoms with E-state index in [4.69, 9.17) is 23.7 Å². The molecule has 2 fully saturated rings. The molecule has 31 heavy (non-hydrogen) atoms. The van der Waals surface area contributed by atoms with Crippen molar-refractivity contribution in [2.75, 3.05) is 19.8 Å². The predicted octanol–water partition coefficient (Wildman–Crippen LogP) is -3.62. The van der Waals surface area contributed by atoms with E-state index in [0.717, 1.165) is 6.92 Å². The first-order valence-corrected chi connectivity index (χ1v) is 9.76. The number of aliphatic hydroxyl groups excluding tert-OH is 6. The molecule has 0 amide bonds. The van der Waals surface area contributed by atoms with Crippen molar-refractivity contribution in [3.63, 3.8) is 0 Å². The van der Waals surface area contributed by atoms with E-state index in [-0.39, 0.29) is 0 Å². The Bertz CT molecular complexity index is 626. The van der Waals surface area contributed by atoms with E-state index < -0.39 is 92.5 Å². The van der Waals surface area contributed by atoms with E-state index >= 15 is 0 Å². The molecule has 2 saturated heterocycles. The lowest BCUT2D eigenvalue weighted by Gasteiger charge is -2.43. The van der Waals surface area contributed by atoms with Gasteiger partial charge in [-0.2, -0.15) is 0 Å². The summed E-state index contributed by atoms with van der Waals surface area (Å²) in [6.07, 6.45) is -13.0. The Morgan fingerprint density at radius 3 is 2.10 bits per heavy atom. The average molecular weight is 454 g/mol. The Balaban J connectivity index is 2.40. The number of hydrogen-bond donors (Lipinski definition) is 6. The van der Waals surface area contributed by atoms with Crippen LogP contribution in [0.5, 0.6) is 0 Å². The number of esters is 2. The molecule has 180 valence electrons. The van der Waals surface area contributed by atoms with Gasteiger partial charge in [-0.05, 0) is 0 Å². The van der Waals surface area contributed by atoms with Gasteiger partial charge in [-0.1, -0.05) is 13.8 Å². The zero-order chi connectivity index (χ0) is 23.5. The fourth-order valence-corrected chi connectivity index (χ4v) is 3.22. The van der Waals surface area contributed by atoms with Gasteiger partial charge in [0.05, 0.1) is 19.1 Å². The summed E-state index contributed by atoms with van der Waals surface area (Å²) < 4.78 is 26.8. The summed E-state index contributed by atoms with van der Waals surface area (Å²) in [6, 6.07) is 0. The number of rotatable bonds is 8. The van der Waals surface area contributed by atoms with E-state index in [2.05, 4.69) is 0 Å². The molecule has 2 aliphatic rings. The van der Waals surface area contributed by atoms with E-state index in [1.807, 2.05) is 0 Å². The first-order chi connectivity index (χ1) is 14.5. The van der Waals surface area contributed by atoms with Gasteiger partial charge in [0.15, 0.2) is 12.4 Å². The molecule has 13 nitrogen and oxygen atoms in total. The first-order valence-electron chi connectivity index (χ1n) is 9.76. The number of ether oxygens (including phenoxy) is 5. The molecule has 0 radical (unpaired) electrons. The van der Waals surface area contributed by atoms with Crippen LogP contribution < -0.4 is 0 Å². The fraction of sp³-hybridized carbons (Fsp3) is 0.889. The lowest BCUT2D eigenvalue weighted by molar-refractivity contribution is -0.384. The maximum Gasteiger partial charge on any atom is 0.308 e. The largest absolute Gasteiger partial charge is 0.460 e. The molecule has 0 aliphatic carbocycles. The maximum absolute atomic E-state index is 12.2. The third kappa shape index (κ3) is 5.50. The van der Waals surface area contributed by atoms with Crippen molar-refractivity contribution in [3.05, 3.63) is 0 Å². The van der Waals surface area contributed by atoms with Crippen molar-refractivity contribution >= 4 is 11.9 Å². The van der Waals surface area contributed by atoms with Crippen LogP contribution in [-0.2, 0) is 33.3 Å². The molecule has 13 heteroatoms. The zero-order valence-electron chi connectivity index (χ0n) is 17.4. The van der Waals surface area contributed by atoms with Crippen LogP contribution in [0.15, 0.2) is 0 Å². The van der Waals surface area contributed by atoms with Crippen LogP contribution in [0.25, 0.3) is 0 Å². The highest BCUT2D eigenvalue weighted by molar-refractivity contribution is 5.72. The molecule has 6 N–H and O–H groups in total. The molecule has 0 aromatic rings. The van der Waals surface area contributed by atoms with Crippen molar-refractivity contribution in [1.82, 2.24) is 0 Å². The first kappa shape index (κ1) is 25.8. The van der Waals surface area contributed by atoms with E-state index in [0.29, 0.717) is 0 Å². The molecular weight excluding hydrogens is 424 g/mol. The Morgan fingerprint density at radius 1 is 0.968 bits per heavy atom. The lowest BCUT2D eigenvalue weighted by Crippen LogP contribution is -2.63. The maximum atomic E-state index is 12.2. The highest BCUT2D eigenvalue weighted by atomic mass is 16.8. The van der Waals surface area contributed by atoms with Gasteiger partial charge in [0, 0.05) is 6.92 Å². The third-order valence-electron chi connectivity index (χ3n) is 5.01. The minimum Gasteiger partial charge on any atom is -0.460 e. The van der Waals surface area contributed by atoms with Crippen LogP contribution in [0, 0.1) is 5.92 Å². The molecule has 2 aliphatic heterocycles. The Morgan fingerprint density at radius 2 is 1.58 bits per heavy atom. The Hall–Kier alpha value is -1.42. The second kappa shape index (κ2) is 10.5.